The minimum Gasteiger partial charge on any atom is -0.478 e. The van der Waals surface area contributed by atoms with E-state index in [0.717, 1.165) is 30.6 Å². The molecule has 1 fully saturated rings. The topological polar surface area (TPSA) is 137 Å². The number of carbonyl (C=O) groups excluding carboxylic acids is 2. The van der Waals surface area contributed by atoms with Gasteiger partial charge in [0.05, 0.1) is 7.11 Å². The van der Waals surface area contributed by atoms with E-state index >= 15 is 0 Å². The van der Waals surface area contributed by atoms with Crippen molar-refractivity contribution in [3.63, 3.8) is 0 Å². The number of carboxylic acid groups (broad SMARTS) is 2. The lowest BCUT2D eigenvalue weighted by Gasteiger charge is -2.33. The molecule has 2 N–H and O–H groups in total. The second-order valence-corrected chi connectivity index (χ2v) is 10.4. The molecule has 1 atom stereocenters. The van der Waals surface area contributed by atoms with Gasteiger partial charge in [-0.1, -0.05) is 29.8 Å². The van der Waals surface area contributed by atoms with Crippen LogP contribution in [0.2, 0.25) is 5.02 Å². The third-order valence-electron chi connectivity index (χ3n) is 6.18. The molecule has 1 aromatic heterocycles. The van der Waals surface area contributed by atoms with Gasteiger partial charge in [0.15, 0.2) is 5.06 Å². The molecule has 0 saturated carbocycles. The van der Waals surface area contributed by atoms with Gasteiger partial charge in [-0.25, -0.2) is 19.2 Å². The summed E-state index contributed by atoms with van der Waals surface area (Å²) in [5, 5.41) is 16.8. The number of methoxy groups -OCH3 is 1. The molecule has 0 bridgehead atoms. The van der Waals surface area contributed by atoms with Crippen LogP contribution in [0, 0.1) is 0 Å². The first-order valence-corrected chi connectivity index (χ1v) is 13.3. The Morgan fingerprint density at radius 1 is 1.03 bits per heavy atom. The van der Waals surface area contributed by atoms with Gasteiger partial charge < -0.3 is 29.5 Å². The van der Waals surface area contributed by atoms with Crippen LogP contribution >= 0.6 is 22.9 Å². The van der Waals surface area contributed by atoms with Gasteiger partial charge in [0.2, 0.25) is 0 Å². The van der Waals surface area contributed by atoms with E-state index in [1.165, 1.54) is 23.3 Å². The third kappa shape index (κ3) is 8.52. The van der Waals surface area contributed by atoms with E-state index in [9.17, 15) is 19.2 Å². The summed E-state index contributed by atoms with van der Waals surface area (Å²) >= 11 is 7.89. The van der Waals surface area contributed by atoms with Gasteiger partial charge >= 0.3 is 24.0 Å². The summed E-state index contributed by atoms with van der Waals surface area (Å²) in [4.78, 5) is 51.4. The second-order valence-electron chi connectivity index (χ2n) is 8.85. The number of piperazine rings is 1. The van der Waals surface area contributed by atoms with E-state index in [-0.39, 0.29) is 12.1 Å². The van der Waals surface area contributed by atoms with E-state index in [0.29, 0.717) is 48.4 Å². The Morgan fingerprint density at radius 3 is 2.26 bits per heavy atom. The highest BCUT2D eigenvalue weighted by atomic mass is 35.5. The number of carbonyl (C=O) groups is 4. The molecule has 2 aliphatic heterocycles. The zero-order valence-corrected chi connectivity index (χ0v) is 23.1. The number of fused-ring (bicyclic) bond motifs is 1. The van der Waals surface area contributed by atoms with Gasteiger partial charge in [0.1, 0.15) is 6.04 Å². The fourth-order valence-corrected chi connectivity index (χ4v) is 5.41. The molecule has 3 heterocycles. The maximum Gasteiger partial charge on any atom is 0.416 e. The van der Waals surface area contributed by atoms with Crippen molar-refractivity contribution in [2.24, 2.45) is 0 Å². The molecule has 0 unspecified atom stereocenters. The Hall–Kier alpha value is -3.45. The summed E-state index contributed by atoms with van der Waals surface area (Å²) < 4.78 is 10.7. The summed E-state index contributed by atoms with van der Waals surface area (Å²) in [5.74, 6) is -2.85. The number of likely N-dealkylation sites (N-methyl/N-ethyl adjacent to an activating group) is 1. The highest BCUT2D eigenvalue weighted by Crippen LogP contribution is 2.38. The minimum atomic E-state index is -1.26. The maximum absolute atomic E-state index is 12.6. The van der Waals surface area contributed by atoms with Crippen molar-refractivity contribution in [2.75, 3.05) is 46.9 Å². The van der Waals surface area contributed by atoms with Crippen molar-refractivity contribution >= 4 is 46.9 Å². The highest BCUT2D eigenvalue weighted by Gasteiger charge is 2.33. The fraction of sp³-hybridized carbons (Fsp3) is 0.385. The van der Waals surface area contributed by atoms with E-state index in [1.807, 2.05) is 31.3 Å². The Labute approximate surface area is 234 Å². The first kappa shape index (κ1) is 30.1. The fourth-order valence-electron chi connectivity index (χ4n) is 4.16. The third-order valence-corrected chi connectivity index (χ3v) is 7.64. The molecule has 0 spiro atoms. The maximum atomic E-state index is 12.6. The first-order valence-electron chi connectivity index (χ1n) is 12.1. The van der Waals surface area contributed by atoms with E-state index in [2.05, 4.69) is 9.80 Å². The summed E-state index contributed by atoms with van der Waals surface area (Å²) in [6, 6.07) is 8.68. The SMILES string of the molecule is COC(=O)[C@H](c1ccccc1Cl)N1CCc2sc(OC(=O)N3CCN(C)CC3)cc2C1.O=C(O)/C=C/C(=O)O. The van der Waals surface area contributed by atoms with Crippen molar-refractivity contribution in [2.45, 2.75) is 19.0 Å². The van der Waals surface area contributed by atoms with Crippen LogP contribution in [0.1, 0.15) is 22.0 Å². The molecule has 13 heteroatoms. The number of halogens is 1. The molecule has 0 aliphatic carbocycles. The Morgan fingerprint density at radius 2 is 1.67 bits per heavy atom. The normalized spacial score (nSPS) is 16.5. The molecule has 1 saturated heterocycles. The van der Waals surface area contributed by atoms with Gasteiger partial charge in [-0.2, -0.15) is 0 Å². The molecule has 11 nitrogen and oxygen atoms in total. The van der Waals surface area contributed by atoms with Crippen molar-refractivity contribution in [1.29, 1.82) is 0 Å². The predicted molar refractivity (Wildman–Crippen MR) is 144 cm³/mol. The summed E-state index contributed by atoms with van der Waals surface area (Å²) in [6.45, 7) is 4.29. The molecule has 1 amide bonds. The number of hydrogen-bond donors (Lipinski definition) is 2. The van der Waals surface area contributed by atoms with Gasteiger partial charge in [0.25, 0.3) is 0 Å². The number of thiophene rings is 1. The molecule has 210 valence electrons. The largest absolute Gasteiger partial charge is 0.478 e. The predicted octanol–water partition coefficient (Wildman–Crippen LogP) is 3.13. The minimum absolute atomic E-state index is 0.299. The number of amides is 1. The van der Waals surface area contributed by atoms with Crippen LogP contribution in [-0.4, -0.2) is 95.8 Å². The molecule has 0 radical (unpaired) electrons. The van der Waals surface area contributed by atoms with Crippen molar-refractivity contribution in [1.82, 2.24) is 14.7 Å². The van der Waals surface area contributed by atoms with E-state index < -0.39 is 18.0 Å². The van der Waals surface area contributed by atoms with E-state index in [1.54, 1.807) is 11.0 Å². The number of hydrogen-bond acceptors (Lipinski definition) is 9. The number of rotatable bonds is 6. The van der Waals surface area contributed by atoms with Crippen molar-refractivity contribution in [3.8, 4) is 5.06 Å². The lowest BCUT2D eigenvalue weighted by Crippen LogP contribution is -2.48. The summed E-state index contributed by atoms with van der Waals surface area (Å²) in [5.41, 5.74) is 1.80. The quantitative estimate of drug-likeness (QED) is 0.388. The van der Waals surface area contributed by atoms with Crippen molar-refractivity contribution < 1.29 is 38.9 Å². The molecule has 2 aromatic rings. The molecular formula is C26H30ClN3O8S. The average Bonchev–Trinajstić information content (AvgIpc) is 3.31. The number of benzene rings is 1. The van der Waals surface area contributed by atoms with Crippen LogP contribution in [0.5, 0.6) is 5.06 Å². The lowest BCUT2D eigenvalue weighted by molar-refractivity contribution is -0.147. The first-order chi connectivity index (χ1) is 18.6. The van der Waals surface area contributed by atoms with Crippen LogP contribution < -0.4 is 4.74 Å². The van der Waals surface area contributed by atoms with Crippen LogP contribution in [0.25, 0.3) is 0 Å². The summed E-state index contributed by atoms with van der Waals surface area (Å²) in [7, 11) is 3.44. The number of esters is 1. The van der Waals surface area contributed by atoms with Gasteiger partial charge in [0, 0.05) is 61.3 Å². The Kier molecular flexibility index (Phi) is 10.9. The van der Waals surface area contributed by atoms with Crippen LogP contribution in [-0.2, 0) is 32.1 Å². The van der Waals surface area contributed by atoms with Gasteiger partial charge in [-0.15, -0.1) is 11.3 Å². The number of aliphatic carboxylic acids is 2. The number of nitrogens with zero attached hydrogens (tertiary/aromatic N) is 3. The van der Waals surface area contributed by atoms with Crippen LogP contribution in [0.3, 0.4) is 0 Å². The molecule has 1 aromatic carbocycles. The molecule has 39 heavy (non-hydrogen) atoms. The lowest BCUT2D eigenvalue weighted by atomic mass is 10.0. The number of ether oxygens (including phenoxy) is 2. The monoisotopic (exact) mass is 579 g/mol. The molecule has 2 aliphatic rings. The van der Waals surface area contributed by atoms with E-state index in [4.69, 9.17) is 31.3 Å². The Balaban J connectivity index is 0.000000459. The average molecular weight is 580 g/mol. The van der Waals surface area contributed by atoms with Crippen LogP contribution in [0.4, 0.5) is 4.79 Å². The van der Waals surface area contributed by atoms with Crippen LogP contribution in [0.15, 0.2) is 42.5 Å². The Bertz CT molecular complexity index is 1210. The summed E-state index contributed by atoms with van der Waals surface area (Å²) in [6.07, 6.45) is 1.58. The van der Waals surface area contributed by atoms with Gasteiger partial charge in [-0.05, 0) is 36.7 Å². The second kappa shape index (κ2) is 14.1. The smallest absolute Gasteiger partial charge is 0.416 e. The molecule has 4 rings (SSSR count). The zero-order chi connectivity index (χ0) is 28.5. The van der Waals surface area contributed by atoms with Gasteiger partial charge in [-0.3, -0.25) is 4.90 Å². The number of carboxylic acids is 2. The van der Waals surface area contributed by atoms with Crippen molar-refractivity contribution in [3.05, 3.63) is 63.5 Å². The highest BCUT2D eigenvalue weighted by molar-refractivity contribution is 7.14. The standard InChI is InChI=1S/C22H26ClN3O4S.C4H4O4/c1-24-9-11-25(12-10-24)22(28)30-19-13-15-14-26(8-7-18(15)31-19)20(21(27)29-2)16-5-3-4-6-17(16)23;5-3(6)1-2-4(7)8/h3-6,13,20H,7-12,14H2,1-2H3;1-2H,(H,5,6)(H,7,8)/b;2-1+/t20-;/m0./s1. The molecular weight excluding hydrogens is 550 g/mol. The zero-order valence-electron chi connectivity index (χ0n) is 21.5.